The van der Waals surface area contributed by atoms with Gasteiger partial charge < -0.3 is 15.4 Å². The molecule has 0 aromatic heterocycles. The van der Waals surface area contributed by atoms with Gasteiger partial charge in [-0.3, -0.25) is 14.5 Å². The summed E-state index contributed by atoms with van der Waals surface area (Å²) in [6, 6.07) is 14.6. The van der Waals surface area contributed by atoms with Gasteiger partial charge in [-0.15, -0.1) is 0 Å². The second kappa shape index (κ2) is 10.1. The normalized spacial score (nSPS) is 13.6. The SMILES string of the molecule is CCOCc1ccc(CNC(=O)Nc2ccc(CN3C(=O)CSC3=O)cc2)cc1. The fraction of sp³-hybridized carbons (Fsp3) is 0.286. The van der Waals surface area contributed by atoms with Crippen LogP contribution in [0.5, 0.6) is 0 Å². The lowest BCUT2D eigenvalue weighted by atomic mass is 10.1. The highest BCUT2D eigenvalue weighted by molar-refractivity contribution is 8.14. The molecule has 2 N–H and O–H groups in total. The Bertz CT molecular complexity index is 852. The number of ether oxygens (including phenoxy) is 1. The number of hydrogen-bond donors (Lipinski definition) is 2. The van der Waals surface area contributed by atoms with Crippen LogP contribution in [0.2, 0.25) is 0 Å². The maximum absolute atomic E-state index is 12.1. The third kappa shape index (κ3) is 6.07. The van der Waals surface area contributed by atoms with Crippen LogP contribution in [0.4, 0.5) is 15.3 Å². The number of nitrogens with zero attached hydrogens (tertiary/aromatic N) is 1. The molecule has 1 heterocycles. The average molecular weight is 413 g/mol. The van der Waals surface area contributed by atoms with E-state index in [1.807, 2.05) is 31.2 Å². The summed E-state index contributed by atoms with van der Waals surface area (Å²) in [5, 5.41) is 5.36. The lowest BCUT2D eigenvalue weighted by Crippen LogP contribution is -2.28. The molecule has 7 nitrogen and oxygen atoms in total. The van der Waals surface area contributed by atoms with E-state index in [9.17, 15) is 14.4 Å². The topological polar surface area (TPSA) is 87.7 Å². The number of carbonyl (C=O) groups is 3. The molecule has 2 aromatic carbocycles. The number of benzene rings is 2. The Kier molecular flexibility index (Phi) is 7.26. The van der Waals surface area contributed by atoms with Crippen LogP contribution in [-0.2, 0) is 29.2 Å². The molecule has 1 saturated heterocycles. The van der Waals surface area contributed by atoms with Crippen molar-refractivity contribution < 1.29 is 19.1 Å². The Hall–Kier alpha value is -2.84. The Morgan fingerprint density at radius 3 is 2.31 bits per heavy atom. The number of rotatable bonds is 8. The fourth-order valence-electron chi connectivity index (χ4n) is 2.74. The predicted molar refractivity (Wildman–Crippen MR) is 112 cm³/mol. The molecule has 0 aliphatic carbocycles. The minimum Gasteiger partial charge on any atom is -0.377 e. The van der Waals surface area contributed by atoms with Crippen molar-refractivity contribution in [1.29, 1.82) is 0 Å². The van der Waals surface area contributed by atoms with Gasteiger partial charge in [0.05, 0.1) is 18.9 Å². The lowest BCUT2D eigenvalue weighted by molar-refractivity contribution is -0.125. The highest BCUT2D eigenvalue weighted by Gasteiger charge is 2.29. The maximum Gasteiger partial charge on any atom is 0.319 e. The van der Waals surface area contributed by atoms with Gasteiger partial charge in [0.25, 0.3) is 5.24 Å². The van der Waals surface area contributed by atoms with Crippen LogP contribution in [0.15, 0.2) is 48.5 Å². The summed E-state index contributed by atoms with van der Waals surface area (Å²) in [6.07, 6.45) is 0. The van der Waals surface area contributed by atoms with E-state index >= 15 is 0 Å². The second-order valence-corrected chi connectivity index (χ2v) is 7.42. The molecule has 0 bridgehead atoms. The van der Waals surface area contributed by atoms with Gasteiger partial charge in [0.2, 0.25) is 5.91 Å². The van der Waals surface area contributed by atoms with Crippen LogP contribution in [-0.4, -0.2) is 34.4 Å². The average Bonchev–Trinajstić information content (AvgIpc) is 3.05. The number of thioether (sulfide) groups is 1. The van der Waals surface area contributed by atoms with E-state index in [1.165, 1.54) is 4.90 Å². The molecule has 152 valence electrons. The summed E-state index contributed by atoms with van der Waals surface area (Å²) in [5.74, 6) is 0.0287. The van der Waals surface area contributed by atoms with Crippen molar-refractivity contribution in [2.45, 2.75) is 26.6 Å². The summed E-state index contributed by atoms with van der Waals surface area (Å²) < 4.78 is 5.36. The van der Waals surface area contributed by atoms with Gasteiger partial charge in [0.1, 0.15) is 0 Å². The summed E-state index contributed by atoms with van der Waals surface area (Å²) in [5.41, 5.74) is 3.55. The molecule has 29 heavy (non-hydrogen) atoms. The number of hydrogen-bond acceptors (Lipinski definition) is 5. The van der Waals surface area contributed by atoms with E-state index in [0.29, 0.717) is 25.4 Å². The zero-order valence-electron chi connectivity index (χ0n) is 16.1. The van der Waals surface area contributed by atoms with Crippen LogP contribution in [0.1, 0.15) is 23.6 Å². The van der Waals surface area contributed by atoms with Crippen LogP contribution in [0, 0.1) is 0 Å². The first-order valence-electron chi connectivity index (χ1n) is 9.31. The third-order valence-corrected chi connectivity index (χ3v) is 5.20. The van der Waals surface area contributed by atoms with Crippen LogP contribution in [0.25, 0.3) is 0 Å². The van der Waals surface area contributed by atoms with Crippen molar-refractivity contribution in [2.24, 2.45) is 0 Å². The minimum atomic E-state index is -0.308. The van der Waals surface area contributed by atoms with Crippen molar-refractivity contribution in [3.8, 4) is 0 Å². The molecule has 1 aliphatic heterocycles. The first-order valence-corrected chi connectivity index (χ1v) is 10.3. The molecule has 1 aliphatic rings. The monoisotopic (exact) mass is 413 g/mol. The van der Waals surface area contributed by atoms with Gasteiger partial charge in [0.15, 0.2) is 0 Å². The molecular formula is C21H23N3O4S. The molecule has 0 saturated carbocycles. The van der Waals surface area contributed by atoms with Crippen molar-refractivity contribution in [3.63, 3.8) is 0 Å². The molecule has 0 radical (unpaired) electrons. The lowest BCUT2D eigenvalue weighted by Gasteiger charge is -2.13. The molecule has 1 fully saturated rings. The number of amides is 4. The number of urea groups is 1. The number of nitrogens with one attached hydrogen (secondary N) is 2. The number of carbonyl (C=O) groups excluding carboxylic acids is 3. The van der Waals surface area contributed by atoms with Crippen molar-refractivity contribution in [2.75, 3.05) is 17.7 Å². The van der Waals surface area contributed by atoms with Gasteiger partial charge in [-0.05, 0) is 35.7 Å². The molecule has 0 atom stereocenters. The molecule has 4 amide bonds. The molecule has 0 spiro atoms. The smallest absolute Gasteiger partial charge is 0.319 e. The van der Waals surface area contributed by atoms with E-state index in [4.69, 9.17) is 4.74 Å². The predicted octanol–water partition coefficient (Wildman–Crippen LogP) is 3.74. The van der Waals surface area contributed by atoms with Crippen molar-refractivity contribution in [3.05, 3.63) is 65.2 Å². The number of imide groups is 1. The third-order valence-electron chi connectivity index (χ3n) is 4.34. The second-order valence-electron chi connectivity index (χ2n) is 6.49. The summed E-state index contributed by atoms with van der Waals surface area (Å²) in [4.78, 5) is 36.7. The zero-order valence-corrected chi connectivity index (χ0v) is 17.0. The minimum absolute atomic E-state index is 0.174. The van der Waals surface area contributed by atoms with Gasteiger partial charge in [0, 0.05) is 18.8 Å². The van der Waals surface area contributed by atoms with E-state index in [1.54, 1.807) is 24.3 Å². The van der Waals surface area contributed by atoms with E-state index in [-0.39, 0.29) is 29.5 Å². The van der Waals surface area contributed by atoms with E-state index < -0.39 is 0 Å². The molecule has 2 aromatic rings. The summed E-state index contributed by atoms with van der Waals surface area (Å²) in [6.45, 7) is 3.88. The highest BCUT2D eigenvalue weighted by Crippen LogP contribution is 2.21. The fourth-order valence-corrected chi connectivity index (χ4v) is 3.47. The van der Waals surface area contributed by atoms with E-state index in [2.05, 4.69) is 10.6 Å². The molecule has 3 rings (SSSR count). The van der Waals surface area contributed by atoms with Crippen LogP contribution < -0.4 is 10.6 Å². The highest BCUT2D eigenvalue weighted by atomic mass is 32.2. The Balaban J connectivity index is 1.45. The first kappa shape index (κ1) is 20.9. The van der Waals surface area contributed by atoms with Gasteiger partial charge >= 0.3 is 6.03 Å². The van der Waals surface area contributed by atoms with Crippen molar-refractivity contribution in [1.82, 2.24) is 10.2 Å². The van der Waals surface area contributed by atoms with Gasteiger partial charge in [-0.2, -0.15) is 0 Å². The van der Waals surface area contributed by atoms with Gasteiger partial charge in [-0.25, -0.2) is 4.79 Å². The Morgan fingerprint density at radius 2 is 1.69 bits per heavy atom. The zero-order chi connectivity index (χ0) is 20.6. The van der Waals surface area contributed by atoms with Crippen LogP contribution in [0.3, 0.4) is 0 Å². The largest absolute Gasteiger partial charge is 0.377 e. The summed E-state index contributed by atoms with van der Waals surface area (Å²) in [7, 11) is 0. The molecular weight excluding hydrogens is 390 g/mol. The Labute approximate surface area is 173 Å². The van der Waals surface area contributed by atoms with Gasteiger partial charge in [-0.1, -0.05) is 48.2 Å². The van der Waals surface area contributed by atoms with Crippen molar-refractivity contribution >= 4 is 34.6 Å². The standard InChI is InChI=1S/C21H23N3O4S/c1-2-28-13-17-5-3-15(4-6-17)11-22-20(26)23-18-9-7-16(8-10-18)12-24-19(25)14-29-21(24)27/h3-10H,2,11-14H2,1H3,(H2,22,23,26). The summed E-state index contributed by atoms with van der Waals surface area (Å²) >= 11 is 1.02. The first-order chi connectivity index (χ1) is 14.0. The molecule has 8 heteroatoms. The Morgan fingerprint density at radius 1 is 1.03 bits per heavy atom. The molecule has 0 unspecified atom stereocenters. The van der Waals surface area contributed by atoms with Crippen LogP contribution >= 0.6 is 11.8 Å². The van der Waals surface area contributed by atoms with E-state index in [0.717, 1.165) is 28.5 Å². The number of anilines is 1. The maximum atomic E-state index is 12.1. The quantitative estimate of drug-likeness (QED) is 0.688.